The van der Waals surface area contributed by atoms with Crippen LogP contribution in [0.15, 0.2) is 36.5 Å². The van der Waals surface area contributed by atoms with Gasteiger partial charge in [-0.2, -0.15) is 13.2 Å². The summed E-state index contributed by atoms with van der Waals surface area (Å²) in [6.07, 6.45) is -2.50. The molecule has 0 N–H and O–H groups in total. The van der Waals surface area contributed by atoms with Gasteiger partial charge in [0.25, 0.3) is 0 Å². The zero-order chi connectivity index (χ0) is 16.3. The van der Waals surface area contributed by atoms with Crippen LogP contribution in [0, 0.1) is 6.92 Å². The molecule has 0 amide bonds. The molecule has 22 heavy (non-hydrogen) atoms. The van der Waals surface area contributed by atoms with Gasteiger partial charge in [-0.1, -0.05) is 25.1 Å². The lowest BCUT2D eigenvalue weighted by Gasteiger charge is -2.12. The molecule has 0 radical (unpaired) electrons. The highest BCUT2D eigenvalue weighted by atomic mass is 19.4. The summed E-state index contributed by atoms with van der Waals surface area (Å²) in [4.78, 5) is 16.1. The van der Waals surface area contributed by atoms with E-state index in [1.54, 1.807) is 12.1 Å². The van der Waals surface area contributed by atoms with Crippen LogP contribution in [0.3, 0.4) is 0 Å². The molecule has 116 valence electrons. The Morgan fingerprint density at radius 3 is 2.45 bits per heavy atom. The van der Waals surface area contributed by atoms with Crippen LogP contribution in [0.4, 0.5) is 13.2 Å². The van der Waals surface area contributed by atoms with Crippen LogP contribution in [-0.4, -0.2) is 10.8 Å². The van der Waals surface area contributed by atoms with Crippen molar-refractivity contribution in [1.82, 2.24) is 4.98 Å². The quantitative estimate of drug-likeness (QED) is 0.739. The van der Waals surface area contributed by atoms with E-state index in [1.165, 1.54) is 6.07 Å². The molecular weight excluding hydrogens is 291 g/mol. The zero-order valence-corrected chi connectivity index (χ0v) is 12.4. The molecule has 2 aromatic rings. The van der Waals surface area contributed by atoms with Gasteiger partial charge in [-0.25, -0.2) is 0 Å². The Bertz CT molecular complexity index is 675. The van der Waals surface area contributed by atoms with Crippen LogP contribution in [-0.2, 0) is 6.18 Å². The first-order valence-corrected chi connectivity index (χ1v) is 7.01. The third-order valence-electron chi connectivity index (χ3n) is 3.40. The first kappa shape index (κ1) is 16.2. The maximum Gasteiger partial charge on any atom is 0.417 e. The molecule has 0 aliphatic carbocycles. The van der Waals surface area contributed by atoms with E-state index in [9.17, 15) is 18.0 Å². The van der Waals surface area contributed by atoms with Crippen molar-refractivity contribution in [2.75, 3.05) is 0 Å². The van der Waals surface area contributed by atoms with Crippen molar-refractivity contribution in [3.63, 3.8) is 0 Å². The molecule has 5 heteroatoms. The molecule has 0 bridgehead atoms. The summed E-state index contributed by atoms with van der Waals surface area (Å²) in [5.74, 6) is -0.0251. The number of carbonyl (C=O) groups excluding carboxylic acids is 1. The molecule has 0 aliphatic heterocycles. The summed E-state index contributed by atoms with van der Waals surface area (Å²) >= 11 is 0. The number of hydrogen-bond acceptors (Lipinski definition) is 2. The number of aryl methyl sites for hydroxylation is 1. The molecule has 0 saturated heterocycles. The number of ketones is 1. The lowest BCUT2D eigenvalue weighted by molar-refractivity contribution is -0.137. The number of alkyl halides is 3. The molecular formula is C17H16F3NO. The van der Waals surface area contributed by atoms with Gasteiger partial charge >= 0.3 is 6.18 Å². The molecule has 1 aromatic carbocycles. The van der Waals surface area contributed by atoms with Gasteiger partial charge in [0.1, 0.15) is 0 Å². The van der Waals surface area contributed by atoms with E-state index < -0.39 is 11.7 Å². The topological polar surface area (TPSA) is 30.0 Å². The van der Waals surface area contributed by atoms with Gasteiger partial charge in [0.2, 0.25) is 0 Å². The van der Waals surface area contributed by atoms with E-state index in [4.69, 9.17) is 0 Å². The number of Topliss-reactive ketones (excluding diaryl/α,β-unsaturated/α-hetero) is 1. The molecule has 2 rings (SSSR count). The van der Waals surface area contributed by atoms with Gasteiger partial charge < -0.3 is 0 Å². The van der Waals surface area contributed by atoms with Gasteiger partial charge in [-0.05, 0) is 31.0 Å². The van der Waals surface area contributed by atoms with Crippen LogP contribution >= 0.6 is 0 Å². The molecule has 0 unspecified atom stereocenters. The Morgan fingerprint density at radius 2 is 1.91 bits per heavy atom. The molecule has 0 spiro atoms. The summed E-state index contributed by atoms with van der Waals surface area (Å²) in [6.45, 7) is 3.72. The fraction of sp³-hybridized carbons (Fsp3) is 0.294. The minimum Gasteiger partial charge on any atom is -0.294 e. The molecule has 0 atom stereocenters. The fourth-order valence-electron chi connectivity index (χ4n) is 2.31. The number of pyridine rings is 1. The average Bonchev–Trinajstić information content (AvgIpc) is 2.46. The maximum atomic E-state index is 12.6. The second kappa shape index (κ2) is 6.30. The molecule has 0 fully saturated rings. The zero-order valence-electron chi connectivity index (χ0n) is 12.4. The highest BCUT2D eigenvalue weighted by Crippen LogP contribution is 2.32. The smallest absolute Gasteiger partial charge is 0.294 e. The molecule has 0 aliphatic rings. The van der Waals surface area contributed by atoms with Gasteiger partial charge in [0, 0.05) is 23.7 Å². The number of benzene rings is 1. The number of halogens is 3. The van der Waals surface area contributed by atoms with E-state index in [2.05, 4.69) is 4.98 Å². The monoisotopic (exact) mass is 307 g/mol. The van der Waals surface area contributed by atoms with Gasteiger partial charge in [0.15, 0.2) is 5.78 Å². The van der Waals surface area contributed by atoms with Gasteiger partial charge in [0.05, 0.1) is 11.3 Å². The molecule has 0 saturated carbocycles. The van der Waals surface area contributed by atoms with E-state index in [-0.39, 0.29) is 5.78 Å². The normalized spacial score (nSPS) is 11.5. The SMILES string of the molecule is CCCC(=O)c1cccc(C)c1-c1ccc(C(F)(F)F)cn1. The molecule has 2 nitrogen and oxygen atoms in total. The average molecular weight is 307 g/mol. The fourth-order valence-corrected chi connectivity index (χ4v) is 2.31. The summed E-state index contributed by atoms with van der Waals surface area (Å²) in [5.41, 5.74) is 1.51. The number of aromatic nitrogens is 1. The van der Waals surface area contributed by atoms with E-state index >= 15 is 0 Å². The largest absolute Gasteiger partial charge is 0.417 e. The van der Waals surface area contributed by atoms with Crippen molar-refractivity contribution in [1.29, 1.82) is 0 Å². The minimum absolute atomic E-state index is 0.0251. The van der Waals surface area contributed by atoms with Crippen LogP contribution in [0.5, 0.6) is 0 Å². The Kier molecular flexibility index (Phi) is 4.64. The van der Waals surface area contributed by atoms with E-state index in [0.29, 0.717) is 29.7 Å². The van der Waals surface area contributed by atoms with Crippen LogP contribution in [0.1, 0.15) is 41.3 Å². The van der Waals surface area contributed by atoms with E-state index in [1.807, 2.05) is 19.9 Å². The Morgan fingerprint density at radius 1 is 1.18 bits per heavy atom. The molecule has 1 aromatic heterocycles. The van der Waals surface area contributed by atoms with Crippen molar-refractivity contribution in [2.24, 2.45) is 0 Å². The van der Waals surface area contributed by atoms with Crippen molar-refractivity contribution in [3.05, 3.63) is 53.2 Å². The van der Waals surface area contributed by atoms with Crippen molar-refractivity contribution < 1.29 is 18.0 Å². The standard InChI is InChI=1S/C17H16F3NO/c1-3-5-15(22)13-7-4-6-11(2)16(13)14-9-8-12(10-21-14)17(18,19)20/h4,6-10H,3,5H2,1-2H3. The Hall–Kier alpha value is -2.17. The van der Waals surface area contributed by atoms with Crippen molar-refractivity contribution in [2.45, 2.75) is 32.9 Å². The predicted molar refractivity (Wildman–Crippen MR) is 78.7 cm³/mol. The Balaban J connectivity index is 2.50. The first-order valence-electron chi connectivity index (χ1n) is 7.01. The highest BCUT2D eigenvalue weighted by Gasteiger charge is 2.30. The molecule has 1 heterocycles. The number of carbonyl (C=O) groups is 1. The van der Waals surface area contributed by atoms with E-state index in [0.717, 1.165) is 17.8 Å². The second-order valence-corrected chi connectivity index (χ2v) is 5.10. The maximum absolute atomic E-state index is 12.6. The van der Waals surface area contributed by atoms with Crippen LogP contribution in [0.2, 0.25) is 0 Å². The summed E-state index contributed by atoms with van der Waals surface area (Å²) in [7, 11) is 0. The first-order chi connectivity index (χ1) is 10.3. The third-order valence-corrected chi connectivity index (χ3v) is 3.40. The lowest BCUT2D eigenvalue weighted by Crippen LogP contribution is -2.07. The summed E-state index contributed by atoms with van der Waals surface area (Å²) in [5, 5.41) is 0. The van der Waals surface area contributed by atoms with Crippen LogP contribution < -0.4 is 0 Å². The number of rotatable bonds is 4. The second-order valence-electron chi connectivity index (χ2n) is 5.10. The summed E-state index contributed by atoms with van der Waals surface area (Å²) in [6, 6.07) is 7.58. The summed E-state index contributed by atoms with van der Waals surface area (Å²) < 4.78 is 37.8. The number of hydrogen-bond donors (Lipinski definition) is 0. The minimum atomic E-state index is -4.42. The van der Waals surface area contributed by atoms with Gasteiger partial charge in [-0.15, -0.1) is 0 Å². The van der Waals surface area contributed by atoms with Crippen molar-refractivity contribution in [3.8, 4) is 11.3 Å². The highest BCUT2D eigenvalue weighted by molar-refractivity contribution is 6.02. The van der Waals surface area contributed by atoms with Gasteiger partial charge in [-0.3, -0.25) is 9.78 Å². The van der Waals surface area contributed by atoms with Crippen molar-refractivity contribution >= 4 is 5.78 Å². The predicted octanol–water partition coefficient (Wildman–Crippen LogP) is 5.06. The Labute approximate surface area is 127 Å². The lowest BCUT2D eigenvalue weighted by atomic mass is 9.94. The van der Waals surface area contributed by atoms with Crippen LogP contribution in [0.25, 0.3) is 11.3 Å². The number of nitrogens with zero attached hydrogens (tertiary/aromatic N) is 1. The third kappa shape index (κ3) is 3.35.